The molecule has 1 aliphatic rings. The smallest absolute Gasteiger partial charge is 0.234 e. The number of piperazine rings is 1. The van der Waals surface area contributed by atoms with Crippen LogP contribution in [0.25, 0.3) is 0 Å². The van der Waals surface area contributed by atoms with Crippen LogP contribution in [0, 0.1) is 6.92 Å². The molecule has 1 aromatic carbocycles. The third kappa shape index (κ3) is 5.06. The van der Waals surface area contributed by atoms with Gasteiger partial charge in [-0.1, -0.05) is 36.8 Å². The lowest BCUT2D eigenvalue weighted by molar-refractivity contribution is -0.131. The molecule has 1 aliphatic heterocycles. The zero-order valence-corrected chi connectivity index (χ0v) is 14.3. The molecule has 1 fully saturated rings. The van der Waals surface area contributed by atoms with Crippen LogP contribution in [0.2, 0.25) is 0 Å². The SMILES string of the molecule is CC[C@H](NC(=O)CN1CCN(C(C)=O)CC1)c1ccc(C)cc1. The number of rotatable bonds is 5. The van der Waals surface area contributed by atoms with Crippen molar-refractivity contribution in [3.05, 3.63) is 35.4 Å². The summed E-state index contributed by atoms with van der Waals surface area (Å²) in [7, 11) is 0. The number of nitrogens with one attached hydrogen (secondary N) is 1. The summed E-state index contributed by atoms with van der Waals surface area (Å²) in [5.41, 5.74) is 2.37. The number of aryl methyl sites for hydroxylation is 1. The molecule has 0 aliphatic carbocycles. The van der Waals surface area contributed by atoms with Gasteiger partial charge in [-0.25, -0.2) is 0 Å². The van der Waals surface area contributed by atoms with Gasteiger partial charge < -0.3 is 10.2 Å². The molecular weight excluding hydrogens is 290 g/mol. The number of hydrogen-bond donors (Lipinski definition) is 1. The Morgan fingerprint density at radius 2 is 1.74 bits per heavy atom. The van der Waals surface area contributed by atoms with Gasteiger partial charge in [-0.2, -0.15) is 0 Å². The van der Waals surface area contributed by atoms with Gasteiger partial charge in [0.05, 0.1) is 12.6 Å². The third-order valence-electron chi connectivity index (χ3n) is 4.41. The van der Waals surface area contributed by atoms with E-state index in [2.05, 4.69) is 48.3 Å². The van der Waals surface area contributed by atoms with Crippen molar-refractivity contribution >= 4 is 11.8 Å². The number of carbonyl (C=O) groups is 2. The van der Waals surface area contributed by atoms with E-state index < -0.39 is 0 Å². The van der Waals surface area contributed by atoms with Crippen molar-refractivity contribution in [2.45, 2.75) is 33.2 Å². The Kier molecular flexibility index (Phi) is 6.16. The number of benzene rings is 1. The van der Waals surface area contributed by atoms with Gasteiger partial charge in [-0.3, -0.25) is 14.5 Å². The maximum absolute atomic E-state index is 12.3. The average Bonchev–Trinajstić information content (AvgIpc) is 2.54. The Morgan fingerprint density at radius 1 is 1.13 bits per heavy atom. The summed E-state index contributed by atoms with van der Waals surface area (Å²) < 4.78 is 0. The van der Waals surface area contributed by atoms with E-state index in [1.165, 1.54) is 5.56 Å². The first-order valence-corrected chi connectivity index (χ1v) is 8.33. The first kappa shape index (κ1) is 17.5. The predicted octanol–water partition coefficient (Wildman–Crippen LogP) is 1.73. The van der Waals surface area contributed by atoms with Gasteiger partial charge in [0.1, 0.15) is 0 Å². The fourth-order valence-corrected chi connectivity index (χ4v) is 2.88. The normalized spacial score (nSPS) is 16.9. The van der Waals surface area contributed by atoms with Gasteiger partial charge in [0.15, 0.2) is 0 Å². The first-order valence-electron chi connectivity index (χ1n) is 8.33. The van der Waals surface area contributed by atoms with Gasteiger partial charge in [0.25, 0.3) is 0 Å². The Bertz CT molecular complexity index is 534. The maximum Gasteiger partial charge on any atom is 0.234 e. The lowest BCUT2D eigenvalue weighted by Gasteiger charge is -2.34. The van der Waals surface area contributed by atoms with E-state index in [0.29, 0.717) is 19.6 Å². The zero-order valence-electron chi connectivity index (χ0n) is 14.3. The van der Waals surface area contributed by atoms with E-state index in [1.54, 1.807) is 6.92 Å². The largest absolute Gasteiger partial charge is 0.348 e. The average molecular weight is 317 g/mol. The summed E-state index contributed by atoms with van der Waals surface area (Å²) in [5.74, 6) is 0.160. The molecule has 0 bridgehead atoms. The van der Waals surface area contributed by atoms with Gasteiger partial charge in [-0.15, -0.1) is 0 Å². The lowest BCUT2D eigenvalue weighted by Crippen LogP contribution is -2.50. The van der Waals surface area contributed by atoms with Crippen molar-refractivity contribution in [1.29, 1.82) is 0 Å². The van der Waals surface area contributed by atoms with E-state index in [4.69, 9.17) is 0 Å². The molecule has 5 heteroatoms. The Labute approximate surface area is 138 Å². The summed E-state index contributed by atoms with van der Waals surface area (Å²) in [5, 5.41) is 3.12. The molecule has 0 aromatic heterocycles. The number of hydrogen-bond acceptors (Lipinski definition) is 3. The molecule has 0 unspecified atom stereocenters. The molecule has 2 amide bonds. The molecule has 0 spiro atoms. The topological polar surface area (TPSA) is 52.7 Å². The Hall–Kier alpha value is -1.88. The molecule has 1 atom stereocenters. The standard InChI is InChI=1S/C18H27N3O2/c1-4-17(16-7-5-14(2)6-8-16)19-18(23)13-20-9-11-21(12-10-20)15(3)22/h5-8,17H,4,9-13H2,1-3H3,(H,19,23)/t17-/m0/s1. The highest BCUT2D eigenvalue weighted by atomic mass is 16.2. The summed E-state index contributed by atoms with van der Waals surface area (Å²) in [4.78, 5) is 27.6. The lowest BCUT2D eigenvalue weighted by atomic mass is 10.0. The zero-order chi connectivity index (χ0) is 16.8. The second-order valence-electron chi connectivity index (χ2n) is 6.22. The van der Waals surface area contributed by atoms with Crippen molar-refractivity contribution in [2.24, 2.45) is 0 Å². The summed E-state index contributed by atoms with van der Waals surface area (Å²) in [6.07, 6.45) is 0.868. The minimum absolute atomic E-state index is 0.0497. The molecular formula is C18H27N3O2. The van der Waals surface area contributed by atoms with Crippen LogP contribution in [0.3, 0.4) is 0 Å². The maximum atomic E-state index is 12.3. The fraction of sp³-hybridized carbons (Fsp3) is 0.556. The molecule has 0 saturated carbocycles. The molecule has 1 heterocycles. The molecule has 1 saturated heterocycles. The molecule has 0 radical (unpaired) electrons. The van der Waals surface area contributed by atoms with E-state index in [1.807, 2.05) is 4.90 Å². The third-order valence-corrected chi connectivity index (χ3v) is 4.41. The van der Waals surface area contributed by atoms with Gasteiger partial charge in [-0.05, 0) is 18.9 Å². The van der Waals surface area contributed by atoms with Crippen LogP contribution < -0.4 is 5.32 Å². The van der Waals surface area contributed by atoms with Gasteiger partial charge >= 0.3 is 0 Å². The van der Waals surface area contributed by atoms with Crippen molar-refractivity contribution in [2.75, 3.05) is 32.7 Å². The second-order valence-corrected chi connectivity index (χ2v) is 6.22. The number of carbonyl (C=O) groups excluding carboxylic acids is 2. The Balaban J connectivity index is 1.84. The predicted molar refractivity (Wildman–Crippen MR) is 91.0 cm³/mol. The highest BCUT2D eigenvalue weighted by molar-refractivity contribution is 5.78. The van der Waals surface area contributed by atoms with Gasteiger partial charge in [0.2, 0.25) is 11.8 Å². The van der Waals surface area contributed by atoms with Crippen molar-refractivity contribution in [1.82, 2.24) is 15.1 Å². The van der Waals surface area contributed by atoms with E-state index in [-0.39, 0.29) is 17.9 Å². The van der Waals surface area contributed by atoms with Crippen LogP contribution in [0.15, 0.2) is 24.3 Å². The van der Waals surface area contributed by atoms with Crippen LogP contribution in [0.5, 0.6) is 0 Å². The van der Waals surface area contributed by atoms with Crippen molar-refractivity contribution in [3.63, 3.8) is 0 Å². The first-order chi connectivity index (χ1) is 11.0. The van der Waals surface area contributed by atoms with Crippen LogP contribution in [-0.2, 0) is 9.59 Å². The molecule has 1 N–H and O–H groups in total. The minimum Gasteiger partial charge on any atom is -0.348 e. The fourth-order valence-electron chi connectivity index (χ4n) is 2.88. The van der Waals surface area contributed by atoms with Crippen molar-refractivity contribution < 1.29 is 9.59 Å². The molecule has 1 aromatic rings. The van der Waals surface area contributed by atoms with Crippen LogP contribution in [0.1, 0.15) is 37.4 Å². The van der Waals surface area contributed by atoms with Crippen LogP contribution in [-0.4, -0.2) is 54.3 Å². The van der Waals surface area contributed by atoms with E-state index in [0.717, 1.165) is 25.1 Å². The van der Waals surface area contributed by atoms with Gasteiger partial charge in [0, 0.05) is 33.1 Å². The van der Waals surface area contributed by atoms with Crippen molar-refractivity contribution in [3.8, 4) is 0 Å². The van der Waals surface area contributed by atoms with Crippen LogP contribution >= 0.6 is 0 Å². The summed E-state index contributed by atoms with van der Waals surface area (Å²) in [6, 6.07) is 8.36. The van der Waals surface area contributed by atoms with E-state index >= 15 is 0 Å². The highest BCUT2D eigenvalue weighted by Crippen LogP contribution is 2.17. The second kappa shape index (κ2) is 8.11. The van der Waals surface area contributed by atoms with Crippen LogP contribution in [0.4, 0.5) is 0 Å². The summed E-state index contributed by atoms with van der Waals surface area (Å²) >= 11 is 0. The molecule has 126 valence electrons. The number of nitrogens with zero attached hydrogens (tertiary/aromatic N) is 2. The summed E-state index contributed by atoms with van der Waals surface area (Å²) in [6.45, 7) is 9.06. The molecule has 5 nitrogen and oxygen atoms in total. The van der Waals surface area contributed by atoms with E-state index in [9.17, 15) is 9.59 Å². The minimum atomic E-state index is 0.0497. The monoisotopic (exact) mass is 317 g/mol. The Morgan fingerprint density at radius 3 is 2.26 bits per heavy atom. The molecule has 23 heavy (non-hydrogen) atoms. The highest BCUT2D eigenvalue weighted by Gasteiger charge is 2.21. The molecule has 2 rings (SSSR count). The number of amides is 2. The quantitative estimate of drug-likeness (QED) is 0.900.